The quantitative estimate of drug-likeness (QED) is 0.727. The first-order chi connectivity index (χ1) is 14.0. The smallest absolute Gasteiger partial charge is 0.285 e. The number of rotatable bonds is 7. The average Bonchev–Trinajstić information content (AvgIpc) is 3.24. The van der Waals surface area contributed by atoms with Gasteiger partial charge in [-0.1, -0.05) is 41.9 Å². The number of anilines is 1. The van der Waals surface area contributed by atoms with E-state index in [0.717, 1.165) is 36.4 Å². The number of ether oxygens (including phenoxy) is 1. The van der Waals surface area contributed by atoms with E-state index < -0.39 is 6.04 Å². The van der Waals surface area contributed by atoms with Crippen molar-refractivity contribution in [1.29, 1.82) is 0 Å². The van der Waals surface area contributed by atoms with Gasteiger partial charge in [-0.15, -0.1) is 0 Å². The molecule has 1 aliphatic heterocycles. The van der Waals surface area contributed by atoms with Crippen molar-refractivity contribution in [2.24, 2.45) is 0 Å². The van der Waals surface area contributed by atoms with Crippen LogP contribution < -0.4 is 15.0 Å². The minimum absolute atomic E-state index is 0.0688. The standard InChI is InChI=1S/C22H26ClN3O3/c1-25(15-20(27)24-18-14-17(23)10-11-19(18)29-2)21(16-8-4-3-5-9-16)22(28)26-12-6-7-13-26/h3-5,8-11,14,21H,6-7,12-13,15H2,1-2H3,(H,24,27)/p+1/t21-/m0/s1. The number of methoxy groups -OCH3 is 1. The summed E-state index contributed by atoms with van der Waals surface area (Å²) in [5.41, 5.74) is 1.43. The molecule has 1 aliphatic rings. The van der Waals surface area contributed by atoms with Crippen LogP contribution in [-0.2, 0) is 9.59 Å². The Morgan fingerprint density at radius 3 is 2.52 bits per heavy atom. The fourth-order valence-corrected chi connectivity index (χ4v) is 3.90. The molecule has 2 aromatic carbocycles. The summed E-state index contributed by atoms with van der Waals surface area (Å²) >= 11 is 6.05. The summed E-state index contributed by atoms with van der Waals surface area (Å²) in [5, 5.41) is 3.36. The molecule has 29 heavy (non-hydrogen) atoms. The van der Waals surface area contributed by atoms with Gasteiger partial charge in [0, 0.05) is 23.7 Å². The lowest BCUT2D eigenvalue weighted by molar-refractivity contribution is -0.894. The Kier molecular flexibility index (Phi) is 7.12. The molecular formula is C22H27ClN3O3+. The molecule has 0 saturated carbocycles. The molecule has 3 rings (SSSR count). The number of halogens is 1. The first-order valence-corrected chi connectivity index (χ1v) is 10.2. The number of quaternary nitrogens is 1. The maximum atomic E-state index is 13.2. The van der Waals surface area contributed by atoms with E-state index in [1.807, 2.05) is 42.3 Å². The minimum Gasteiger partial charge on any atom is -0.495 e. The molecule has 1 heterocycles. The van der Waals surface area contributed by atoms with E-state index in [2.05, 4.69) is 5.32 Å². The first kappa shape index (κ1) is 21.1. The molecule has 1 fully saturated rings. The number of nitrogens with one attached hydrogen (secondary N) is 2. The fraction of sp³-hybridized carbons (Fsp3) is 0.364. The summed E-state index contributed by atoms with van der Waals surface area (Å²) in [6.45, 7) is 1.69. The molecule has 0 spiro atoms. The second-order valence-corrected chi connectivity index (χ2v) is 7.73. The highest BCUT2D eigenvalue weighted by Gasteiger charge is 2.35. The fourth-order valence-electron chi connectivity index (χ4n) is 3.73. The lowest BCUT2D eigenvalue weighted by atomic mass is 10.0. The predicted octanol–water partition coefficient (Wildman–Crippen LogP) is 2.17. The van der Waals surface area contributed by atoms with Crippen LogP contribution >= 0.6 is 11.6 Å². The van der Waals surface area contributed by atoms with Crippen molar-refractivity contribution in [3.05, 3.63) is 59.1 Å². The Balaban J connectivity index is 1.75. The normalized spacial score (nSPS) is 15.6. The highest BCUT2D eigenvalue weighted by molar-refractivity contribution is 6.31. The van der Waals surface area contributed by atoms with Crippen molar-refractivity contribution in [2.75, 3.05) is 39.1 Å². The van der Waals surface area contributed by atoms with E-state index in [1.54, 1.807) is 18.2 Å². The number of likely N-dealkylation sites (N-methyl/N-ethyl adjacent to an activating group) is 1. The van der Waals surface area contributed by atoms with Gasteiger partial charge in [0.05, 0.1) is 19.8 Å². The molecular weight excluding hydrogens is 390 g/mol. The van der Waals surface area contributed by atoms with E-state index in [1.165, 1.54) is 7.11 Å². The SMILES string of the molecule is COc1ccc(Cl)cc1NC(=O)C[NH+](C)[C@H](C(=O)N1CCCC1)c1ccccc1. The van der Waals surface area contributed by atoms with Crippen molar-refractivity contribution in [2.45, 2.75) is 18.9 Å². The summed E-state index contributed by atoms with van der Waals surface area (Å²) in [6, 6.07) is 14.3. The number of nitrogens with zero attached hydrogens (tertiary/aromatic N) is 1. The zero-order valence-corrected chi connectivity index (χ0v) is 17.5. The molecule has 1 unspecified atom stereocenters. The molecule has 7 heteroatoms. The number of amides is 2. The molecule has 0 bridgehead atoms. The molecule has 2 amide bonds. The van der Waals surface area contributed by atoms with Gasteiger partial charge in [0.15, 0.2) is 12.6 Å². The summed E-state index contributed by atoms with van der Waals surface area (Å²) in [4.78, 5) is 28.6. The molecule has 2 N–H and O–H groups in total. The van der Waals surface area contributed by atoms with Crippen LogP contribution in [0.25, 0.3) is 0 Å². The van der Waals surface area contributed by atoms with Gasteiger partial charge in [-0.2, -0.15) is 0 Å². The molecule has 2 aromatic rings. The molecule has 154 valence electrons. The summed E-state index contributed by atoms with van der Waals surface area (Å²) in [5.74, 6) is 0.394. The van der Waals surface area contributed by atoms with E-state index >= 15 is 0 Å². The first-order valence-electron chi connectivity index (χ1n) is 9.79. The zero-order chi connectivity index (χ0) is 20.8. The summed E-state index contributed by atoms with van der Waals surface area (Å²) in [7, 11) is 3.41. The van der Waals surface area contributed by atoms with E-state index in [0.29, 0.717) is 16.5 Å². The second-order valence-electron chi connectivity index (χ2n) is 7.29. The summed E-state index contributed by atoms with van der Waals surface area (Å²) in [6.07, 6.45) is 2.06. The van der Waals surface area contributed by atoms with Crippen LogP contribution in [0.15, 0.2) is 48.5 Å². The number of hydrogen-bond acceptors (Lipinski definition) is 3. The van der Waals surface area contributed by atoms with Gasteiger partial charge in [-0.05, 0) is 31.0 Å². The minimum atomic E-state index is -0.429. The van der Waals surface area contributed by atoms with Crippen LogP contribution in [0.2, 0.25) is 5.02 Å². The molecule has 1 saturated heterocycles. The number of hydrogen-bond donors (Lipinski definition) is 2. The molecule has 0 radical (unpaired) electrons. The lowest BCUT2D eigenvalue weighted by Gasteiger charge is -2.28. The van der Waals surface area contributed by atoms with Crippen LogP contribution in [-0.4, -0.2) is 50.5 Å². The van der Waals surface area contributed by atoms with Crippen molar-refractivity contribution in [3.8, 4) is 5.75 Å². The van der Waals surface area contributed by atoms with Gasteiger partial charge < -0.3 is 19.9 Å². The third-order valence-electron chi connectivity index (χ3n) is 5.17. The summed E-state index contributed by atoms with van der Waals surface area (Å²) < 4.78 is 5.29. The molecule has 0 aliphatic carbocycles. The Morgan fingerprint density at radius 1 is 1.17 bits per heavy atom. The number of carbonyl (C=O) groups excluding carboxylic acids is 2. The van der Waals surface area contributed by atoms with Crippen molar-refractivity contribution in [3.63, 3.8) is 0 Å². The third-order valence-corrected chi connectivity index (χ3v) is 5.40. The highest BCUT2D eigenvalue weighted by atomic mass is 35.5. The van der Waals surface area contributed by atoms with E-state index in [4.69, 9.17) is 16.3 Å². The Morgan fingerprint density at radius 2 is 1.86 bits per heavy atom. The zero-order valence-electron chi connectivity index (χ0n) is 16.8. The lowest BCUT2D eigenvalue weighted by Crippen LogP contribution is -3.11. The molecule has 0 aromatic heterocycles. The second kappa shape index (κ2) is 9.76. The predicted molar refractivity (Wildman–Crippen MR) is 113 cm³/mol. The van der Waals surface area contributed by atoms with Gasteiger partial charge in [0.2, 0.25) is 0 Å². The van der Waals surface area contributed by atoms with E-state index in [9.17, 15) is 9.59 Å². The number of benzene rings is 2. The number of likely N-dealkylation sites (tertiary alicyclic amines) is 1. The van der Waals surface area contributed by atoms with Crippen molar-refractivity contribution in [1.82, 2.24) is 4.90 Å². The monoisotopic (exact) mass is 416 g/mol. The largest absolute Gasteiger partial charge is 0.495 e. The van der Waals surface area contributed by atoms with Crippen LogP contribution in [0, 0.1) is 0 Å². The Bertz CT molecular complexity index is 854. The van der Waals surface area contributed by atoms with Crippen LogP contribution in [0.4, 0.5) is 5.69 Å². The van der Waals surface area contributed by atoms with Gasteiger partial charge in [0.1, 0.15) is 5.75 Å². The van der Waals surface area contributed by atoms with E-state index in [-0.39, 0.29) is 18.4 Å². The maximum absolute atomic E-state index is 13.2. The van der Waals surface area contributed by atoms with Crippen molar-refractivity contribution < 1.29 is 19.2 Å². The van der Waals surface area contributed by atoms with Crippen LogP contribution in [0.3, 0.4) is 0 Å². The topological polar surface area (TPSA) is 63.1 Å². The Hall–Kier alpha value is -2.57. The average molecular weight is 417 g/mol. The number of carbonyl (C=O) groups is 2. The van der Waals surface area contributed by atoms with Gasteiger partial charge in [-0.25, -0.2) is 0 Å². The van der Waals surface area contributed by atoms with Gasteiger partial charge in [0.25, 0.3) is 11.8 Å². The van der Waals surface area contributed by atoms with Gasteiger partial charge >= 0.3 is 0 Å². The molecule has 6 nitrogen and oxygen atoms in total. The highest BCUT2D eigenvalue weighted by Crippen LogP contribution is 2.27. The van der Waals surface area contributed by atoms with Crippen LogP contribution in [0.5, 0.6) is 5.75 Å². The third kappa shape index (κ3) is 5.28. The van der Waals surface area contributed by atoms with Crippen LogP contribution in [0.1, 0.15) is 24.4 Å². The molecule has 2 atom stereocenters. The maximum Gasteiger partial charge on any atom is 0.285 e. The Labute approximate surface area is 176 Å². The van der Waals surface area contributed by atoms with Crippen molar-refractivity contribution >= 4 is 29.1 Å². The van der Waals surface area contributed by atoms with Gasteiger partial charge in [-0.3, -0.25) is 9.59 Å².